The fraction of sp³-hybridized carbons (Fsp3) is 1.00. The Morgan fingerprint density at radius 3 is 0.899 bits per heavy atom. The molecule has 7 heteroatoms. The van der Waals surface area contributed by atoms with Gasteiger partial charge in [0.1, 0.15) is 0 Å². The van der Waals surface area contributed by atoms with Crippen LogP contribution in [0.15, 0.2) is 0 Å². The Morgan fingerprint density at radius 1 is 0.315 bits per heavy atom. The van der Waals surface area contributed by atoms with Gasteiger partial charge >= 0.3 is 0 Å². The predicted octanol–water partition coefficient (Wildman–Crippen LogP) is 21.6. The first-order valence-corrected chi connectivity index (χ1v) is 36.3. The van der Waals surface area contributed by atoms with Crippen molar-refractivity contribution in [2.24, 2.45) is 84.7 Å². The Labute approximate surface area is 566 Å². The molecule has 9 fully saturated rings. The zero-order chi connectivity index (χ0) is 65.3. The van der Waals surface area contributed by atoms with Crippen LogP contribution in [-0.2, 0) is 0 Å². The summed E-state index contributed by atoms with van der Waals surface area (Å²) in [6, 6.07) is 3.22. The van der Waals surface area contributed by atoms with Gasteiger partial charge in [0.2, 0.25) is 0 Å². The van der Waals surface area contributed by atoms with E-state index in [0.717, 1.165) is 71.0 Å². The van der Waals surface area contributed by atoms with Crippen molar-refractivity contribution in [1.82, 2.24) is 34.3 Å². The summed E-state index contributed by atoms with van der Waals surface area (Å²) < 4.78 is 0. The molecule has 4 aliphatic carbocycles. The van der Waals surface area contributed by atoms with Gasteiger partial charge in [-0.3, -0.25) is 0 Å². The Kier molecular flexibility index (Phi) is 37.6. The Bertz CT molecular complexity index is 1790. The highest BCUT2D eigenvalue weighted by atomic mass is 15.2. The van der Waals surface area contributed by atoms with Crippen LogP contribution in [0.4, 0.5) is 0 Å². The molecule has 538 valence electrons. The normalized spacial score (nSPS) is 28.6. The fourth-order valence-electron chi connectivity index (χ4n) is 16.5. The molecule has 4 saturated carbocycles. The summed E-state index contributed by atoms with van der Waals surface area (Å²) in [5.74, 6) is 6.61. The van der Waals surface area contributed by atoms with Crippen LogP contribution < -0.4 is 0 Å². The minimum atomic E-state index is 0. The minimum Gasteiger partial charge on any atom is -0.306 e. The van der Waals surface area contributed by atoms with E-state index in [9.17, 15) is 0 Å². The van der Waals surface area contributed by atoms with Crippen LogP contribution >= 0.6 is 0 Å². The van der Waals surface area contributed by atoms with Crippen LogP contribution in [0, 0.1) is 84.7 Å². The van der Waals surface area contributed by atoms with E-state index in [1.54, 1.807) is 0 Å². The highest BCUT2D eigenvalue weighted by Gasteiger charge is 2.47. The summed E-state index contributed by atoms with van der Waals surface area (Å²) in [4.78, 5) is 17.1. The van der Waals surface area contributed by atoms with Crippen molar-refractivity contribution in [3.63, 3.8) is 0 Å². The number of piperidine rings is 2. The summed E-state index contributed by atoms with van der Waals surface area (Å²) in [6.07, 6.45) is 27.1. The first-order chi connectivity index (χ1) is 38.5. The maximum absolute atomic E-state index is 2.59. The number of hydrogen-bond acceptors (Lipinski definition) is 7. The van der Waals surface area contributed by atoms with Gasteiger partial charge in [0.25, 0.3) is 0 Å². The van der Waals surface area contributed by atoms with Gasteiger partial charge < -0.3 is 34.3 Å². The van der Waals surface area contributed by atoms with E-state index < -0.39 is 0 Å². The van der Waals surface area contributed by atoms with Crippen LogP contribution in [0.25, 0.3) is 0 Å². The molecule has 0 aromatic carbocycles. The first kappa shape index (κ1) is 90.8. The molecule has 0 aromatic heterocycles. The molecular weight excluding hydrogens is 1080 g/mol. The van der Waals surface area contributed by atoms with Crippen molar-refractivity contribution in [1.29, 1.82) is 0 Å². The molecule has 9 aliphatic rings. The molecule has 2 spiro atoms. The highest BCUT2D eigenvalue weighted by Crippen LogP contribution is 2.51. The summed E-state index contributed by atoms with van der Waals surface area (Å²) in [7, 11) is 20.0. The van der Waals surface area contributed by atoms with Gasteiger partial charge in [-0.05, 0) is 297 Å². The average Bonchev–Trinajstić information content (AvgIpc) is 0.889. The monoisotopic (exact) mass is 1260 g/mol. The molecule has 7 nitrogen and oxygen atoms in total. The van der Waals surface area contributed by atoms with Gasteiger partial charge in [-0.15, -0.1) is 0 Å². The highest BCUT2D eigenvalue weighted by molar-refractivity contribution is 5.02. The third-order valence-electron chi connectivity index (χ3n) is 25.2. The molecule has 89 heavy (non-hydrogen) atoms. The fourth-order valence-corrected chi connectivity index (χ4v) is 16.5. The molecule has 0 amide bonds. The van der Waals surface area contributed by atoms with Crippen LogP contribution in [0.3, 0.4) is 0 Å². The lowest BCUT2D eigenvalue weighted by Gasteiger charge is -2.56. The van der Waals surface area contributed by atoms with Crippen LogP contribution in [0.1, 0.15) is 311 Å². The van der Waals surface area contributed by atoms with Crippen molar-refractivity contribution in [2.45, 2.75) is 341 Å². The van der Waals surface area contributed by atoms with Crippen LogP contribution in [0.5, 0.6) is 0 Å². The quantitative estimate of drug-likeness (QED) is 0.271. The summed E-state index contributed by atoms with van der Waals surface area (Å²) in [5, 5.41) is 0. The Morgan fingerprint density at radius 2 is 0.629 bits per heavy atom. The summed E-state index contributed by atoms with van der Waals surface area (Å²) in [5.41, 5.74) is 5.07. The first-order valence-electron chi connectivity index (χ1n) is 36.3. The molecule has 2 unspecified atom stereocenters. The third-order valence-corrected chi connectivity index (χ3v) is 25.2. The van der Waals surface area contributed by atoms with Crippen LogP contribution in [0.2, 0.25) is 0 Å². The van der Waals surface area contributed by atoms with E-state index in [1.165, 1.54) is 168 Å². The Balaban J connectivity index is 0. The van der Waals surface area contributed by atoms with E-state index >= 15 is 0 Å². The maximum atomic E-state index is 2.59. The molecule has 5 heterocycles. The molecule has 0 bridgehead atoms. The van der Waals surface area contributed by atoms with Crippen molar-refractivity contribution in [3.05, 3.63) is 0 Å². The standard InChI is InChI=1S/2C13H25N.2C12H25N.2C10H21N.C8H17N.4CH4/c1-12(2,3)11-5-7-13(8-6-11)9-14(4)10-13;1-12(2,3)11-5-7-13(8-6-11)9-10-14(13)4;1-9-7-11(12(3,4)5)8-10(2)13(9)6;1-12(2,3)10-6-8-11(9-7-10)13(4)5;1-10(2,3)8-6-9(7-8)11(4)5;1-10(2,3)9-5-7-11(4)8-6-9;1-8(2,3)7-5-9(4)6-7;;;;/h2*11H,5-10H2,1-4H3;9-11H,7-8H2,1-6H3;10-11H,6-9H2,1-5H3;8-9H,6-7H2,1-5H3;9H,5-8H2,1-4H3;7H,5-6H2,1-4H3;4*1H4. The molecule has 0 N–H and O–H groups in total. The molecule has 9 rings (SSSR count). The zero-order valence-electron chi connectivity index (χ0n) is 64.4. The van der Waals surface area contributed by atoms with E-state index in [0.29, 0.717) is 43.4 Å². The molecular formula is C82H175N7. The van der Waals surface area contributed by atoms with E-state index in [4.69, 9.17) is 0 Å². The topological polar surface area (TPSA) is 22.7 Å². The molecule has 5 aliphatic heterocycles. The van der Waals surface area contributed by atoms with Gasteiger partial charge in [-0.1, -0.05) is 175 Å². The number of nitrogens with zero attached hydrogens (tertiary/aromatic N) is 7. The smallest absolute Gasteiger partial charge is 0.0218 e. The number of hydrogen-bond donors (Lipinski definition) is 0. The predicted molar refractivity (Wildman–Crippen MR) is 407 cm³/mol. The summed E-state index contributed by atoms with van der Waals surface area (Å²) >= 11 is 0. The Hall–Kier alpha value is -0.280. The maximum Gasteiger partial charge on any atom is 0.0218 e. The molecule has 5 saturated heterocycles. The van der Waals surface area contributed by atoms with Gasteiger partial charge in [-0.2, -0.15) is 0 Å². The number of rotatable bonds is 2. The van der Waals surface area contributed by atoms with Crippen molar-refractivity contribution in [3.8, 4) is 0 Å². The van der Waals surface area contributed by atoms with E-state index in [-0.39, 0.29) is 29.7 Å². The minimum absolute atomic E-state index is 0. The van der Waals surface area contributed by atoms with Gasteiger partial charge in [0, 0.05) is 62.4 Å². The number of likely N-dealkylation sites (tertiary alicyclic amines) is 5. The van der Waals surface area contributed by atoms with Crippen molar-refractivity contribution < 1.29 is 0 Å². The van der Waals surface area contributed by atoms with Crippen molar-refractivity contribution in [2.75, 3.05) is 109 Å². The zero-order valence-corrected chi connectivity index (χ0v) is 64.4. The summed E-state index contributed by atoms with van der Waals surface area (Å²) in [6.45, 7) is 63.8. The lowest BCUT2D eigenvalue weighted by Crippen LogP contribution is -2.59. The van der Waals surface area contributed by atoms with Crippen LogP contribution in [-0.4, -0.2) is 173 Å². The molecule has 0 aromatic rings. The van der Waals surface area contributed by atoms with Gasteiger partial charge in [0.05, 0.1) is 0 Å². The molecule has 0 radical (unpaired) electrons. The largest absolute Gasteiger partial charge is 0.306 e. The van der Waals surface area contributed by atoms with E-state index in [2.05, 4.69) is 257 Å². The van der Waals surface area contributed by atoms with Crippen molar-refractivity contribution >= 4 is 0 Å². The second-order valence-electron chi connectivity index (χ2n) is 39.5. The third kappa shape index (κ3) is 29.5. The van der Waals surface area contributed by atoms with Gasteiger partial charge in [0.15, 0.2) is 0 Å². The SMILES string of the molecule is C.C.C.C.CC1CC(C(C)(C)C)CC(C)N1C.CN(C)C1CC(C(C)(C)C)C1.CN(C)C1CCC(C(C)(C)C)CC1.CN1CC(C(C)(C)C)C1.CN1CC2(CCC(C(C)(C)C)CC2)C1.CN1CCC(C(C)(C)C)CC1.CN1CCC12CCC(C(C)(C)C)CC2. The van der Waals surface area contributed by atoms with Gasteiger partial charge in [-0.25, -0.2) is 0 Å². The second kappa shape index (κ2) is 36.9. The lowest BCUT2D eigenvalue weighted by atomic mass is 9.61. The lowest BCUT2D eigenvalue weighted by molar-refractivity contribution is -0.0425. The second-order valence-corrected chi connectivity index (χ2v) is 39.5. The average molecular weight is 1260 g/mol. The van der Waals surface area contributed by atoms with E-state index in [1.807, 2.05) is 0 Å². The molecule has 2 atom stereocenters.